The number of hydrogen-bond donors (Lipinski definition) is 0. The Balaban J connectivity index is 1.80. The maximum absolute atomic E-state index is 12.3. The number of Topliss-reactive ketones (excluding diaryl/α,β-unsaturated/α-hetero) is 1. The zero-order valence-electron chi connectivity index (χ0n) is 19.2. The van der Waals surface area contributed by atoms with Crippen LogP contribution in [0.5, 0.6) is 0 Å². The first-order chi connectivity index (χ1) is 14.6. The molecule has 1 aromatic heterocycles. The summed E-state index contributed by atoms with van der Waals surface area (Å²) in [6.45, 7) is 9.60. The van der Waals surface area contributed by atoms with Crippen molar-refractivity contribution in [1.82, 2.24) is 0 Å². The maximum Gasteiger partial charge on any atom is 0.185 e. The zero-order chi connectivity index (χ0) is 23.0. The fraction of sp³-hybridized carbons (Fsp3) is 0.370. The van der Waals surface area contributed by atoms with E-state index in [9.17, 15) is 14.4 Å². The van der Waals surface area contributed by atoms with Crippen LogP contribution in [-0.2, 0) is 20.8 Å². The number of allylic oxidation sites excluding steroid dienone is 10. The second-order valence-corrected chi connectivity index (χ2v) is 8.47. The molecule has 0 bridgehead atoms. The first kappa shape index (κ1) is 24.3. The molecule has 31 heavy (non-hydrogen) atoms. The number of carbonyl (C=O) groups excluding carboxylic acids is 3. The molecule has 1 aromatic rings. The van der Waals surface area contributed by atoms with Gasteiger partial charge in [0.15, 0.2) is 17.3 Å². The normalized spacial score (nSPS) is 15.8. The molecule has 0 fully saturated rings. The van der Waals surface area contributed by atoms with Gasteiger partial charge in [-0.15, -0.1) is 0 Å². The Morgan fingerprint density at radius 2 is 1.74 bits per heavy atom. The van der Waals surface area contributed by atoms with Gasteiger partial charge in [-0.3, -0.25) is 14.4 Å². The van der Waals surface area contributed by atoms with Crippen LogP contribution in [-0.4, -0.2) is 17.3 Å². The van der Waals surface area contributed by atoms with E-state index >= 15 is 0 Å². The van der Waals surface area contributed by atoms with E-state index in [1.54, 1.807) is 19.3 Å². The highest BCUT2D eigenvalue weighted by Crippen LogP contribution is 2.18. The Hall–Kier alpha value is -3.01. The summed E-state index contributed by atoms with van der Waals surface area (Å²) in [5, 5.41) is 0. The summed E-state index contributed by atoms with van der Waals surface area (Å²) in [5.74, 6) is 0.763. The third-order valence-electron chi connectivity index (χ3n) is 5.13. The van der Waals surface area contributed by atoms with Crippen LogP contribution in [0.15, 0.2) is 75.0 Å². The number of ketones is 3. The van der Waals surface area contributed by atoms with E-state index in [0.717, 1.165) is 41.7 Å². The van der Waals surface area contributed by atoms with Gasteiger partial charge in [-0.1, -0.05) is 28.9 Å². The van der Waals surface area contributed by atoms with Crippen molar-refractivity contribution >= 4 is 17.3 Å². The summed E-state index contributed by atoms with van der Waals surface area (Å²) in [6.07, 6.45) is 13.5. The molecule has 0 saturated heterocycles. The van der Waals surface area contributed by atoms with Gasteiger partial charge >= 0.3 is 0 Å². The van der Waals surface area contributed by atoms with E-state index in [0.29, 0.717) is 24.0 Å². The predicted molar refractivity (Wildman–Crippen MR) is 124 cm³/mol. The molecule has 1 aliphatic carbocycles. The summed E-state index contributed by atoms with van der Waals surface area (Å²) in [6, 6.07) is 2.05. The van der Waals surface area contributed by atoms with Crippen molar-refractivity contribution in [2.24, 2.45) is 0 Å². The number of carbonyl (C=O) groups is 3. The molecule has 1 heterocycles. The lowest BCUT2D eigenvalue weighted by atomic mass is 9.94. The van der Waals surface area contributed by atoms with Gasteiger partial charge in [0.25, 0.3) is 0 Å². The first-order valence-electron chi connectivity index (χ1n) is 10.7. The third kappa shape index (κ3) is 8.33. The molecular formula is C27H32O4. The molecule has 0 aliphatic heterocycles. The van der Waals surface area contributed by atoms with Crippen molar-refractivity contribution in [2.45, 2.75) is 66.7 Å². The molecule has 0 aromatic carbocycles. The molecule has 164 valence electrons. The standard InChI is InChI=1S/C27H32O4/c1-18(7-6-8-19(2)13-26-14-21(4)17-31-26)11-24(28)12-20(3)9-10-23-16-25(29)15-22(5)27(23)30/h8-9,11,14-17H,6-7,10,12-13H2,1-5H3. The van der Waals surface area contributed by atoms with Gasteiger partial charge in [0.2, 0.25) is 0 Å². The van der Waals surface area contributed by atoms with Crippen molar-refractivity contribution in [2.75, 3.05) is 0 Å². The van der Waals surface area contributed by atoms with Crippen LogP contribution in [0.2, 0.25) is 0 Å². The van der Waals surface area contributed by atoms with Gasteiger partial charge in [0, 0.05) is 24.0 Å². The minimum absolute atomic E-state index is 0.0501. The number of furan rings is 1. The molecule has 0 saturated carbocycles. The van der Waals surface area contributed by atoms with E-state index < -0.39 is 0 Å². The van der Waals surface area contributed by atoms with Crippen LogP contribution in [0.3, 0.4) is 0 Å². The number of aryl methyl sites for hydroxylation is 1. The second-order valence-electron chi connectivity index (χ2n) is 8.47. The van der Waals surface area contributed by atoms with Crippen LogP contribution in [0.1, 0.15) is 64.7 Å². The summed E-state index contributed by atoms with van der Waals surface area (Å²) in [4.78, 5) is 36.0. The minimum Gasteiger partial charge on any atom is -0.469 e. The first-order valence-corrected chi connectivity index (χ1v) is 10.7. The fourth-order valence-corrected chi connectivity index (χ4v) is 3.47. The van der Waals surface area contributed by atoms with E-state index in [1.165, 1.54) is 17.7 Å². The van der Waals surface area contributed by atoms with E-state index in [4.69, 9.17) is 4.42 Å². The number of rotatable bonds is 10. The molecule has 4 nitrogen and oxygen atoms in total. The average Bonchev–Trinajstić information content (AvgIpc) is 3.07. The lowest BCUT2D eigenvalue weighted by Crippen LogP contribution is -2.12. The highest BCUT2D eigenvalue weighted by Gasteiger charge is 2.17. The van der Waals surface area contributed by atoms with Gasteiger partial charge in [-0.25, -0.2) is 0 Å². The highest BCUT2D eigenvalue weighted by atomic mass is 16.3. The predicted octanol–water partition coefficient (Wildman–Crippen LogP) is 6.12. The van der Waals surface area contributed by atoms with Crippen molar-refractivity contribution in [1.29, 1.82) is 0 Å². The summed E-state index contributed by atoms with van der Waals surface area (Å²) in [5.41, 5.74) is 5.27. The molecule has 0 spiro atoms. The van der Waals surface area contributed by atoms with Crippen LogP contribution < -0.4 is 0 Å². The van der Waals surface area contributed by atoms with Crippen LogP contribution in [0.25, 0.3) is 0 Å². The monoisotopic (exact) mass is 420 g/mol. The molecule has 2 rings (SSSR count). The number of hydrogen-bond acceptors (Lipinski definition) is 4. The quantitative estimate of drug-likeness (QED) is 0.260. The van der Waals surface area contributed by atoms with Gasteiger partial charge in [-0.2, -0.15) is 0 Å². The fourth-order valence-electron chi connectivity index (χ4n) is 3.47. The second kappa shape index (κ2) is 11.4. The minimum atomic E-state index is -0.156. The Morgan fingerprint density at radius 1 is 1.00 bits per heavy atom. The van der Waals surface area contributed by atoms with Crippen molar-refractivity contribution in [3.63, 3.8) is 0 Å². The smallest absolute Gasteiger partial charge is 0.185 e. The lowest BCUT2D eigenvalue weighted by Gasteiger charge is -2.09. The van der Waals surface area contributed by atoms with E-state index in [2.05, 4.69) is 13.0 Å². The van der Waals surface area contributed by atoms with Crippen molar-refractivity contribution < 1.29 is 18.8 Å². The van der Waals surface area contributed by atoms with Gasteiger partial charge in [0.05, 0.1) is 6.26 Å². The third-order valence-corrected chi connectivity index (χ3v) is 5.13. The summed E-state index contributed by atoms with van der Waals surface area (Å²) in [7, 11) is 0. The van der Waals surface area contributed by atoms with Crippen LogP contribution in [0, 0.1) is 6.92 Å². The molecule has 1 aliphatic rings. The van der Waals surface area contributed by atoms with Crippen LogP contribution >= 0.6 is 0 Å². The van der Waals surface area contributed by atoms with E-state index in [-0.39, 0.29) is 17.3 Å². The maximum atomic E-state index is 12.3. The zero-order valence-corrected chi connectivity index (χ0v) is 19.2. The highest BCUT2D eigenvalue weighted by molar-refractivity contribution is 6.20. The molecule has 0 N–H and O–H groups in total. The Morgan fingerprint density at radius 3 is 2.42 bits per heavy atom. The van der Waals surface area contributed by atoms with E-state index in [1.807, 2.05) is 32.9 Å². The molecule has 4 heteroatoms. The topological polar surface area (TPSA) is 64.3 Å². The van der Waals surface area contributed by atoms with Gasteiger partial charge in [0.1, 0.15) is 5.76 Å². The van der Waals surface area contributed by atoms with Gasteiger partial charge < -0.3 is 4.42 Å². The SMILES string of the molecule is CC(=CC(=O)CC(C)=CCC1=CC(=O)C=C(C)C1=O)CCC=C(C)Cc1cc(C)co1. The Labute approximate surface area is 185 Å². The molecule has 0 amide bonds. The largest absolute Gasteiger partial charge is 0.469 e. The van der Waals surface area contributed by atoms with Crippen molar-refractivity contribution in [3.05, 3.63) is 81.9 Å². The molecular weight excluding hydrogens is 388 g/mol. The summed E-state index contributed by atoms with van der Waals surface area (Å²) < 4.78 is 5.48. The Kier molecular flexibility index (Phi) is 8.92. The van der Waals surface area contributed by atoms with Crippen LogP contribution in [0.4, 0.5) is 0 Å². The summed E-state index contributed by atoms with van der Waals surface area (Å²) >= 11 is 0. The molecule has 0 atom stereocenters. The molecule has 0 radical (unpaired) electrons. The Bertz CT molecular complexity index is 1010. The van der Waals surface area contributed by atoms with Crippen molar-refractivity contribution in [3.8, 4) is 0 Å². The lowest BCUT2D eigenvalue weighted by molar-refractivity contribution is -0.115. The average molecular weight is 421 g/mol. The molecule has 0 unspecified atom stereocenters. The van der Waals surface area contributed by atoms with Gasteiger partial charge in [-0.05, 0) is 83.7 Å².